The zero-order chi connectivity index (χ0) is 17.2. The van der Waals surface area contributed by atoms with Crippen LogP contribution in [-0.4, -0.2) is 37.6 Å². The number of nitrogens with one attached hydrogen (secondary N) is 1. The minimum atomic E-state index is -0.549. The molecule has 0 radical (unpaired) electrons. The molecule has 2 aromatic carbocycles. The highest BCUT2D eigenvalue weighted by Crippen LogP contribution is 2.15. The third-order valence-corrected chi connectivity index (χ3v) is 3.83. The maximum Gasteiger partial charge on any atom is 0.119 e. The number of aliphatic hydroxyl groups excluding tert-OH is 1. The number of aliphatic hydroxyl groups is 1. The van der Waals surface area contributed by atoms with Crippen LogP contribution >= 0.6 is 11.6 Å². The predicted molar refractivity (Wildman–Crippen MR) is 96.6 cm³/mol. The second kappa shape index (κ2) is 10.3. The highest BCUT2D eigenvalue weighted by molar-refractivity contribution is 6.30. The number of hydrogen-bond acceptors (Lipinski definition) is 4. The molecule has 130 valence electrons. The molecule has 0 aliphatic heterocycles. The third-order valence-electron chi connectivity index (χ3n) is 3.58. The van der Waals surface area contributed by atoms with Gasteiger partial charge in [-0.3, -0.25) is 0 Å². The molecule has 24 heavy (non-hydrogen) atoms. The van der Waals surface area contributed by atoms with Crippen LogP contribution in [0.25, 0.3) is 0 Å². The lowest BCUT2D eigenvalue weighted by Crippen LogP contribution is -2.32. The highest BCUT2D eigenvalue weighted by atomic mass is 35.5. The van der Waals surface area contributed by atoms with Crippen molar-refractivity contribution in [3.63, 3.8) is 0 Å². The molecule has 4 nitrogen and oxygen atoms in total. The van der Waals surface area contributed by atoms with E-state index in [1.807, 2.05) is 30.3 Å². The first kappa shape index (κ1) is 18.7. The maximum atomic E-state index is 9.95. The zero-order valence-corrected chi connectivity index (χ0v) is 14.6. The molecule has 0 saturated heterocycles. The summed E-state index contributed by atoms with van der Waals surface area (Å²) in [5.74, 6) is 0.752. The van der Waals surface area contributed by atoms with Crippen molar-refractivity contribution in [2.45, 2.75) is 19.1 Å². The molecule has 2 rings (SSSR count). The molecule has 0 aromatic heterocycles. The van der Waals surface area contributed by atoms with Gasteiger partial charge in [0.15, 0.2) is 0 Å². The molecule has 0 fully saturated rings. The Kier molecular flexibility index (Phi) is 8.05. The third kappa shape index (κ3) is 6.89. The average Bonchev–Trinajstić information content (AvgIpc) is 2.61. The van der Waals surface area contributed by atoms with E-state index in [-0.39, 0.29) is 12.6 Å². The summed E-state index contributed by atoms with van der Waals surface area (Å²) in [6.07, 6.45) is -0.549. The molecule has 5 heteroatoms. The fourth-order valence-electron chi connectivity index (χ4n) is 2.20. The number of halogens is 1. The number of rotatable bonds is 10. The second-order valence-corrected chi connectivity index (χ2v) is 6.01. The molecule has 0 unspecified atom stereocenters. The minimum Gasteiger partial charge on any atom is -0.491 e. The Hall–Kier alpha value is -1.59. The summed E-state index contributed by atoms with van der Waals surface area (Å²) in [6, 6.07) is 17.5. The van der Waals surface area contributed by atoms with Gasteiger partial charge in [0.05, 0.1) is 19.3 Å². The lowest BCUT2D eigenvalue weighted by molar-refractivity contribution is 0.0242. The van der Waals surface area contributed by atoms with Crippen LogP contribution in [0.4, 0.5) is 0 Å². The van der Waals surface area contributed by atoms with Crippen molar-refractivity contribution >= 4 is 11.6 Å². The molecule has 0 amide bonds. The summed E-state index contributed by atoms with van der Waals surface area (Å²) in [5, 5.41) is 13.9. The lowest BCUT2D eigenvalue weighted by atomic mass is 10.1. The minimum absolute atomic E-state index is 0.189. The Morgan fingerprint density at radius 3 is 2.46 bits per heavy atom. The molecule has 0 spiro atoms. The van der Waals surface area contributed by atoms with Crippen LogP contribution in [0, 0.1) is 0 Å². The van der Waals surface area contributed by atoms with Gasteiger partial charge in [0, 0.05) is 17.6 Å². The molecule has 0 bridgehead atoms. The Morgan fingerprint density at radius 2 is 1.75 bits per heavy atom. The Balaban J connectivity index is 1.55. The van der Waals surface area contributed by atoms with Crippen LogP contribution in [0.5, 0.6) is 5.75 Å². The van der Waals surface area contributed by atoms with E-state index in [4.69, 9.17) is 21.1 Å². The van der Waals surface area contributed by atoms with E-state index in [0.29, 0.717) is 24.8 Å². The fourth-order valence-corrected chi connectivity index (χ4v) is 2.33. The molecule has 0 heterocycles. The summed E-state index contributed by atoms with van der Waals surface area (Å²) in [5.41, 5.74) is 1.20. The first-order valence-electron chi connectivity index (χ1n) is 8.07. The summed E-state index contributed by atoms with van der Waals surface area (Å²) in [7, 11) is 0. The first-order chi connectivity index (χ1) is 11.6. The molecule has 0 aliphatic carbocycles. The molecule has 2 N–H and O–H groups in total. The van der Waals surface area contributed by atoms with Crippen molar-refractivity contribution in [1.29, 1.82) is 0 Å². The monoisotopic (exact) mass is 349 g/mol. The lowest BCUT2D eigenvalue weighted by Gasteiger charge is -2.17. The molecule has 2 aromatic rings. The average molecular weight is 350 g/mol. The van der Waals surface area contributed by atoms with E-state index in [1.54, 1.807) is 12.1 Å². The Bertz CT molecular complexity index is 577. The van der Waals surface area contributed by atoms with Crippen LogP contribution in [0.15, 0.2) is 54.6 Å². The van der Waals surface area contributed by atoms with E-state index in [0.717, 1.165) is 5.75 Å². The number of benzene rings is 2. The van der Waals surface area contributed by atoms with Gasteiger partial charge in [-0.05, 0) is 36.8 Å². The van der Waals surface area contributed by atoms with Gasteiger partial charge in [-0.15, -0.1) is 0 Å². The van der Waals surface area contributed by atoms with Crippen molar-refractivity contribution in [1.82, 2.24) is 5.32 Å². The fraction of sp³-hybridized carbons (Fsp3) is 0.368. The normalized spacial score (nSPS) is 13.5. The van der Waals surface area contributed by atoms with Crippen molar-refractivity contribution in [3.05, 3.63) is 65.2 Å². The summed E-state index contributed by atoms with van der Waals surface area (Å²) >= 11 is 5.81. The maximum absolute atomic E-state index is 9.95. The van der Waals surface area contributed by atoms with Crippen LogP contribution in [0.2, 0.25) is 5.02 Å². The van der Waals surface area contributed by atoms with E-state index in [9.17, 15) is 5.11 Å². The smallest absolute Gasteiger partial charge is 0.119 e. The van der Waals surface area contributed by atoms with Crippen molar-refractivity contribution in [3.8, 4) is 5.75 Å². The van der Waals surface area contributed by atoms with Crippen molar-refractivity contribution in [2.75, 3.05) is 26.4 Å². The topological polar surface area (TPSA) is 50.7 Å². The van der Waals surface area contributed by atoms with Gasteiger partial charge < -0.3 is 19.9 Å². The van der Waals surface area contributed by atoms with Crippen molar-refractivity contribution < 1.29 is 14.6 Å². The van der Waals surface area contributed by atoms with Crippen LogP contribution in [0.1, 0.15) is 18.5 Å². The van der Waals surface area contributed by atoms with E-state index >= 15 is 0 Å². The van der Waals surface area contributed by atoms with Crippen LogP contribution in [0.3, 0.4) is 0 Å². The summed E-state index contributed by atoms with van der Waals surface area (Å²) < 4.78 is 11.0. The van der Waals surface area contributed by atoms with Gasteiger partial charge in [0.1, 0.15) is 12.4 Å². The highest BCUT2D eigenvalue weighted by Gasteiger charge is 2.08. The van der Waals surface area contributed by atoms with Gasteiger partial charge in [-0.25, -0.2) is 0 Å². The standard InChI is InChI=1S/C19H24ClNO3/c1-15(16-5-3-2-4-6-16)21-13-18(22)14-23-11-12-24-19-9-7-17(20)8-10-19/h2-10,15,18,21-22H,11-14H2,1H3/t15-,18-/m1/s1. The van der Waals surface area contributed by atoms with E-state index in [1.165, 1.54) is 5.56 Å². The zero-order valence-electron chi connectivity index (χ0n) is 13.8. The van der Waals surface area contributed by atoms with E-state index in [2.05, 4.69) is 24.4 Å². The first-order valence-corrected chi connectivity index (χ1v) is 8.45. The number of hydrogen-bond donors (Lipinski definition) is 2. The van der Waals surface area contributed by atoms with Gasteiger partial charge >= 0.3 is 0 Å². The summed E-state index contributed by atoms with van der Waals surface area (Å²) in [4.78, 5) is 0. The largest absolute Gasteiger partial charge is 0.491 e. The van der Waals surface area contributed by atoms with Gasteiger partial charge in [-0.2, -0.15) is 0 Å². The molecular weight excluding hydrogens is 326 g/mol. The van der Waals surface area contributed by atoms with Crippen molar-refractivity contribution in [2.24, 2.45) is 0 Å². The summed E-state index contributed by atoms with van der Waals surface area (Å²) in [6.45, 7) is 3.69. The quantitative estimate of drug-likeness (QED) is 0.645. The SMILES string of the molecule is C[C@@H](NC[C@@H](O)COCCOc1ccc(Cl)cc1)c1ccccc1. The molecule has 0 saturated carbocycles. The van der Waals surface area contributed by atoms with E-state index < -0.39 is 6.10 Å². The van der Waals surface area contributed by atoms with Gasteiger partial charge in [-0.1, -0.05) is 41.9 Å². The molecule has 0 aliphatic rings. The van der Waals surface area contributed by atoms with Gasteiger partial charge in [0.2, 0.25) is 0 Å². The second-order valence-electron chi connectivity index (χ2n) is 5.57. The Labute approximate surface area is 148 Å². The van der Waals surface area contributed by atoms with Crippen LogP contribution < -0.4 is 10.1 Å². The van der Waals surface area contributed by atoms with Crippen LogP contribution in [-0.2, 0) is 4.74 Å². The number of ether oxygens (including phenoxy) is 2. The Morgan fingerprint density at radius 1 is 1.04 bits per heavy atom. The molecule has 2 atom stereocenters. The predicted octanol–water partition coefficient (Wildman–Crippen LogP) is 3.45. The van der Waals surface area contributed by atoms with Gasteiger partial charge in [0.25, 0.3) is 0 Å². The molecular formula is C19H24ClNO3.